The van der Waals surface area contributed by atoms with E-state index in [1.807, 2.05) is 0 Å². The lowest BCUT2D eigenvalue weighted by molar-refractivity contribution is 1.47. The average molecular weight is 203 g/mol. The second-order valence-electron chi connectivity index (χ2n) is 3.49. The highest BCUT2D eigenvalue weighted by molar-refractivity contribution is 7.11. The van der Waals surface area contributed by atoms with Crippen molar-refractivity contribution < 1.29 is 0 Å². The molecule has 0 aliphatic carbocycles. The first-order valence-corrected chi connectivity index (χ1v) is 5.47. The van der Waals surface area contributed by atoms with Crippen molar-refractivity contribution in [2.45, 2.75) is 13.8 Å². The predicted octanol–water partition coefficient (Wildman–Crippen LogP) is 3.61. The molecule has 0 amide bonds. The Morgan fingerprint density at radius 3 is 2.21 bits per heavy atom. The van der Waals surface area contributed by atoms with Gasteiger partial charge in [-0.1, -0.05) is 29.8 Å². The van der Waals surface area contributed by atoms with Crippen LogP contribution in [0, 0.1) is 13.8 Å². The maximum absolute atomic E-state index is 5.98. The minimum Gasteiger partial charge on any atom is -0.397 e. The van der Waals surface area contributed by atoms with Crippen LogP contribution in [0.25, 0.3) is 11.1 Å². The standard InChI is InChI=1S/C12H13NS/c1-8-3-5-10(6-4-8)11-7-14-9(2)12(11)13/h3-7H,13H2,1-2H3. The smallest absolute Gasteiger partial charge is 0.0532 e. The molecule has 0 saturated carbocycles. The molecule has 0 spiro atoms. The minimum atomic E-state index is 0.916. The van der Waals surface area contributed by atoms with E-state index in [1.165, 1.54) is 16.0 Å². The first kappa shape index (κ1) is 9.28. The predicted molar refractivity (Wildman–Crippen MR) is 63.6 cm³/mol. The lowest BCUT2D eigenvalue weighted by atomic mass is 10.1. The van der Waals surface area contributed by atoms with Crippen LogP contribution in [0.2, 0.25) is 0 Å². The number of anilines is 1. The summed E-state index contributed by atoms with van der Waals surface area (Å²) >= 11 is 1.71. The van der Waals surface area contributed by atoms with Gasteiger partial charge in [-0.3, -0.25) is 0 Å². The topological polar surface area (TPSA) is 26.0 Å². The number of hydrogen-bond donors (Lipinski definition) is 1. The molecule has 2 aromatic rings. The molecule has 0 aliphatic rings. The Bertz CT molecular complexity index is 440. The zero-order valence-electron chi connectivity index (χ0n) is 8.37. The maximum Gasteiger partial charge on any atom is 0.0532 e. The van der Waals surface area contributed by atoms with E-state index >= 15 is 0 Å². The summed E-state index contributed by atoms with van der Waals surface area (Å²) in [7, 11) is 0. The SMILES string of the molecule is Cc1ccc(-c2csc(C)c2N)cc1. The zero-order valence-corrected chi connectivity index (χ0v) is 9.19. The van der Waals surface area contributed by atoms with Crippen molar-refractivity contribution in [1.29, 1.82) is 0 Å². The van der Waals surface area contributed by atoms with Crippen LogP contribution in [0.4, 0.5) is 5.69 Å². The molecule has 0 saturated heterocycles. The summed E-state index contributed by atoms with van der Waals surface area (Å²) in [5.74, 6) is 0. The molecular weight excluding hydrogens is 190 g/mol. The van der Waals surface area contributed by atoms with Gasteiger partial charge in [0.1, 0.15) is 0 Å². The van der Waals surface area contributed by atoms with Crippen molar-refractivity contribution >= 4 is 17.0 Å². The van der Waals surface area contributed by atoms with Crippen LogP contribution in [-0.2, 0) is 0 Å². The van der Waals surface area contributed by atoms with Crippen molar-refractivity contribution in [1.82, 2.24) is 0 Å². The number of aryl methyl sites for hydroxylation is 2. The van der Waals surface area contributed by atoms with Gasteiger partial charge in [-0.25, -0.2) is 0 Å². The molecule has 1 aromatic heterocycles. The van der Waals surface area contributed by atoms with Crippen LogP contribution >= 0.6 is 11.3 Å². The van der Waals surface area contributed by atoms with Gasteiger partial charge in [0, 0.05) is 15.8 Å². The lowest BCUT2D eigenvalue weighted by Crippen LogP contribution is -1.87. The van der Waals surface area contributed by atoms with Gasteiger partial charge in [0.15, 0.2) is 0 Å². The Hall–Kier alpha value is -1.28. The number of rotatable bonds is 1. The summed E-state index contributed by atoms with van der Waals surface area (Å²) in [6.07, 6.45) is 0. The van der Waals surface area contributed by atoms with Crippen LogP contribution < -0.4 is 5.73 Å². The third kappa shape index (κ3) is 1.53. The fourth-order valence-corrected chi connectivity index (χ4v) is 2.22. The van der Waals surface area contributed by atoms with Gasteiger partial charge in [0.05, 0.1) is 5.69 Å². The lowest BCUT2D eigenvalue weighted by Gasteiger charge is -2.01. The molecule has 0 fully saturated rings. The number of hydrogen-bond acceptors (Lipinski definition) is 2. The number of benzene rings is 1. The van der Waals surface area contributed by atoms with Crippen LogP contribution in [0.1, 0.15) is 10.4 Å². The highest BCUT2D eigenvalue weighted by Gasteiger charge is 2.06. The molecule has 2 rings (SSSR count). The maximum atomic E-state index is 5.98. The summed E-state index contributed by atoms with van der Waals surface area (Å²) in [5.41, 5.74) is 10.5. The first-order chi connectivity index (χ1) is 6.68. The third-order valence-electron chi connectivity index (χ3n) is 2.39. The van der Waals surface area contributed by atoms with Crippen molar-refractivity contribution in [3.05, 3.63) is 40.1 Å². The van der Waals surface area contributed by atoms with E-state index in [0.29, 0.717) is 0 Å². The van der Waals surface area contributed by atoms with Crippen molar-refractivity contribution in [3.63, 3.8) is 0 Å². The molecule has 72 valence electrons. The number of thiophene rings is 1. The molecule has 2 N–H and O–H groups in total. The average Bonchev–Trinajstić information content (AvgIpc) is 2.50. The van der Waals surface area contributed by atoms with E-state index in [4.69, 9.17) is 5.73 Å². The Balaban J connectivity index is 2.49. The van der Waals surface area contributed by atoms with Crippen LogP contribution in [-0.4, -0.2) is 0 Å². The normalized spacial score (nSPS) is 10.4. The van der Waals surface area contributed by atoms with Gasteiger partial charge in [0.2, 0.25) is 0 Å². The van der Waals surface area contributed by atoms with Crippen LogP contribution in [0.15, 0.2) is 29.6 Å². The van der Waals surface area contributed by atoms with Crippen molar-refractivity contribution in [2.75, 3.05) is 5.73 Å². The van der Waals surface area contributed by atoms with Crippen molar-refractivity contribution in [3.8, 4) is 11.1 Å². The Morgan fingerprint density at radius 2 is 1.71 bits per heavy atom. The number of nitrogen functional groups attached to an aromatic ring is 1. The van der Waals surface area contributed by atoms with E-state index in [9.17, 15) is 0 Å². The Labute approximate surface area is 88.2 Å². The molecule has 1 heterocycles. The van der Waals surface area contributed by atoms with Gasteiger partial charge in [-0.15, -0.1) is 11.3 Å². The minimum absolute atomic E-state index is 0.916. The Kier molecular flexibility index (Phi) is 2.30. The van der Waals surface area contributed by atoms with Crippen LogP contribution in [0.3, 0.4) is 0 Å². The van der Waals surface area contributed by atoms with Gasteiger partial charge < -0.3 is 5.73 Å². The summed E-state index contributed by atoms with van der Waals surface area (Å²) in [6, 6.07) is 8.46. The fourth-order valence-electron chi connectivity index (χ4n) is 1.42. The summed E-state index contributed by atoms with van der Waals surface area (Å²) in [6.45, 7) is 4.14. The number of nitrogens with two attached hydrogens (primary N) is 1. The molecule has 1 nitrogen and oxygen atoms in total. The first-order valence-electron chi connectivity index (χ1n) is 4.59. The Morgan fingerprint density at radius 1 is 1.07 bits per heavy atom. The van der Waals surface area contributed by atoms with E-state index in [2.05, 4.69) is 43.5 Å². The fraction of sp³-hybridized carbons (Fsp3) is 0.167. The van der Waals surface area contributed by atoms with E-state index in [-0.39, 0.29) is 0 Å². The van der Waals surface area contributed by atoms with Gasteiger partial charge in [-0.05, 0) is 19.4 Å². The van der Waals surface area contributed by atoms with Gasteiger partial charge in [-0.2, -0.15) is 0 Å². The summed E-state index contributed by atoms with van der Waals surface area (Å²) < 4.78 is 0. The largest absolute Gasteiger partial charge is 0.397 e. The zero-order chi connectivity index (χ0) is 10.1. The van der Waals surface area contributed by atoms with Gasteiger partial charge in [0.25, 0.3) is 0 Å². The monoisotopic (exact) mass is 203 g/mol. The van der Waals surface area contributed by atoms with Crippen molar-refractivity contribution in [2.24, 2.45) is 0 Å². The van der Waals surface area contributed by atoms with Crippen LogP contribution in [0.5, 0.6) is 0 Å². The second-order valence-corrected chi connectivity index (χ2v) is 4.57. The molecule has 14 heavy (non-hydrogen) atoms. The molecule has 0 atom stereocenters. The summed E-state index contributed by atoms with van der Waals surface area (Å²) in [5, 5.41) is 2.12. The molecule has 0 aliphatic heterocycles. The molecule has 0 bridgehead atoms. The molecule has 2 heteroatoms. The molecule has 0 radical (unpaired) electrons. The molecule has 0 unspecified atom stereocenters. The quantitative estimate of drug-likeness (QED) is 0.752. The van der Waals surface area contributed by atoms with E-state index in [1.54, 1.807) is 11.3 Å². The highest BCUT2D eigenvalue weighted by Crippen LogP contribution is 2.33. The third-order valence-corrected chi connectivity index (χ3v) is 3.31. The highest BCUT2D eigenvalue weighted by atomic mass is 32.1. The summed E-state index contributed by atoms with van der Waals surface area (Å²) in [4.78, 5) is 1.19. The van der Waals surface area contributed by atoms with E-state index < -0.39 is 0 Å². The molecular formula is C12H13NS. The molecule has 1 aromatic carbocycles. The second kappa shape index (κ2) is 3.46. The van der Waals surface area contributed by atoms with E-state index in [0.717, 1.165) is 11.3 Å². The van der Waals surface area contributed by atoms with Gasteiger partial charge >= 0.3 is 0 Å².